The van der Waals surface area contributed by atoms with Crippen LogP contribution in [-0.4, -0.2) is 66.0 Å². The second-order valence-electron chi connectivity index (χ2n) is 6.98. The molecule has 23 heavy (non-hydrogen) atoms. The molecule has 3 aliphatic heterocycles. The van der Waals surface area contributed by atoms with Crippen molar-refractivity contribution in [3.05, 3.63) is 0 Å². The maximum atomic E-state index is 9.02. The maximum absolute atomic E-state index is 9.02. The van der Waals surface area contributed by atoms with E-state index in [9.17, 15) is 0 Å². The lowest BCUT2D eigenvalue weighted by Gasteiger charge is -2.29. The Morgan fingerprint density at radius 3 is 2.48 bits per heavy atom. The first-order valence-corrected chi connectivity index (χ1v) is 8.35. The van der Waals surface area contributed by atoms with Crippen molar-refractivity contribution in [2.45, 2.75) is 63.9 Å². The predicted molar refractivity (Wildman–Crippen MR) is 84.8 cm³/mol. The molecule has 0 aliphatic carbocycles. The summed E-state index contributed by atoms with van der Waals surface area (Å²) in [6.07, 6.45) is -1.35. The first kappa shape index (κ1) is 17.5. The number of nitrogens with one attached hydrogen (secondary N) is 1. The molecule has 0 aromatic heterocycles. The van der Waals surface area contributed by atoms with Crippen LogP contribution in [0, 0.1) is 5.92 Å². The Labute approximate surface area is 141 Å². The van der Waals surface area contributed by atoms with Crippen molar-refractivity contribution in [2.75, 3.05) is 19.8 Å². The summed E-state index contributed by atoms with van der Waals surface area (Å²) >= 11 is 5.51. The number of hydrogen-bond acceptors (Lipinski definition) is 7. The number of aliphatic hydroxyl groups excluding tert-OH is 1. The van der Waals surface area contributed by atoms with Crippen LogP contribution in [0.1, 0.15) is 27.7 Å². The molecular formula is C15H25NO6S. The summed E-state index contributed by atoms with van der Waals surface area (Å²) in [7, 11) is 0. The summed E-state index contributed by atoms with van der Waals surface area (Å²) in [5.41, 5.74) is 0. The predicted octanol–water partition coefficient (Wildman–Crippen LogP) is 0.540. The molecule has 5 atom stereocenters. The van der Waals surface area contributed by atoms with E-state index in [1.165, 1.54) is 0 Å². The summed E-state index contributed by atoms with van der Waals surface area (Å²) in [5.74, 6) is -1.57. The van der Waals surface area contributed by atoms with Crippen LogP contribution in [0.5, 0.6) is 0 Å². The Hall–Kier alpha value is -0.350. The van der Waals surface area contributed by atoms with Gasteiger partial charge in [0.05, 0.1) is 24.1 Å². The monoisotopic (exact) mass is 347 g/mol. The zero-order chi connectivity index (χ0) is 16.8. The number of hydrogen-bond donors (Lipinski definition) is 2. The van der Waals surface area contributed by atoms with Crippen LogP contribution in [0.25, 0.3) is 0 Å². The minimum Gasteiger partial charge on any atom is -0.395 e. The van der Waals surface area contributed by atoms with Crippen LogP contribution in [-0.2, 0) is 23.7 Å². The third-order valence-electron chi connectivity index (χ3n) is 4.20. The van der Waals surface area contributed by atoms with Crippen molar-refractivity contribution in [3.63, 3.8) is 0 Å². The highest BCUT2D eigenvalue weighted by Crippen LogP contribution is 2.44. The molecule has 0 bridgehead atoms. The molecule has 3 saturated heterocycles. The van der Waals surface area contributed by atoms with E-state index in [1.807, 2.05) is 27.7 Å². The van der Waals surface area contributed by atoms with Gasteiger partial charge in [-0.1, -0.05) is 12.2 Å². The molecule has 0 aromatic rings. The zero-order valence-corrected chi connectivity index (χ0v) is 14.7. The molecule has 3 rings (SSSR count). The van der Waals surface area contributed by atoms with Crippen molar-refractivity contribution in [2.24, 2.45) is 5.92 Å². The van der Waals surface area contributed by atoms with Crippen LogP contribution >= 0.6 is 12.2 Å². The number of thiocarbonyl (C=S) groups is 1. The van der Waals surface area contributed by atoms with Crippen molar-refractivity contribution in [1.82, 2.24) is 5.32 Å². The highest BCUT2D eigenvalue weighted by atomic mass is 32.1. The van der Waals surface area contributed by atoms with Gasteiger partial charge >= 0.3 is 0 Å². The molecule has 0 radical (unpaired) electrons. The van der Waals surface area contributed by atoms with Crippen molar-refractivity contribution in [1.29, 1.82) is 0 Å². The van der Waals surface area contributed by atoms with E-state index in [0.717, 1.165) is 0 Å². The number of ether oxygens (including phenoxy) is 5. The molecule has 0 saturated carbocycles. The van der Waals surface area contributed by atoms with Gasteiger partial charge < -0.3 is 34.1 Å². The second-order valence-corrected chi connectivity index (χ2v) is 7.42. The summed E-state index contributed by atoms with van der Waals surface area (Å²) in [5, 5.41) is 12.1. The quantitative estimate of drug-likeness (QED) is 0.714. The lowest BCUT2D eigenvalue weighted by atomic mass is 9.94. The Bertz CT molecular complexity index is 471. The lowest BCUT2D eigenvalue weighted by molar-refractivity contribution is -0.223. The fraction of sp³-hybridized carbons (Fsp3) is 0.933. The van der Waals surface area contributed by atoms with Crippen LogP contribution in [0.2, 0.25) is 0 Å². The van der Waals surface area contributed by atoms with E-state index < -0.39 is 17.9 Å². The molecule has 1 unspecified atom stereocenters. The van der Waals surface area contributed by atoms with Crippen molar-refractivity contribution >= 4 is 17.2 Å². The Morgan fingerprint density at radius 2 is 1.87 bits per heavy atom. The average Bonchev–Trinajstić information content (AvgIpc) is 3.04. The standard InChI is InChI=1S/C15H25NO6S/c1-14(2)18-7-8(20-14)10-9(12(23)16-5-6-17)11-13(19-10)22-15(3,4)21-11/h8-11,13,17H,5-7H2,1-4H3,(H,16,23)/t8-,9?,10-,11+,13+/m1/s1. The normalized spacial score (nSPS) is 41.0. The molecule has 8 heteroatoms. The molecular weight excluding hydrogens is 322 g/mol. The smallest absolute Gasteiger partial charge is 0.188 e. The summed E-state index contributed by atoms with van der Waals surface area (Å²) in [4.78, 5) is 0.589. The van der Waals surface area contributed by atoms with E-state index >= 15 is 0 Å². The van der Waals surface area contributed by atoms with Gasteiger partial charge in [0.25, 0.3) is 0 Å². The van der Waals surface area contributed by atoms with E-state index in [0.29, 0.717) is 18.1 Å². The Morgan fingerprint density at radius 1 is 1.13 bits per heavy atom. The number of aliphatic hydroxyl groups is 1. The van der Waals surface area contributed by atoms with Crippen LogP contribution < -0.4 is 5.32 Å². The maximum Gasteiger partial charge on any atom is 0.188 e. The van der Waals surface area contributed by atoms with Gasteiger partial charge in [0.1, 0.15) is 18.3 Å². The van der Waals surface area contributed by atoms with Gasteiger partial charge in [0, 0.05) is 6.54 Å². The first-order chi connectivity index (χ1) is 10.7. The van der Waals surface area contributed by atoms with Gasteiger partial charge in [-0.3, -0.25) is 0 Å². The number of rotatable bonds is 4. The van der Waals surface area contributed by atoms with Gasteiger partial charge in [0.2, 0.25) is 0 Å². The van der Waals surface area contributed by atoms with Crippen molar-refractivity contribution < 1.29 is 28.8 Å². The minimum absolute atomic E-state index is 0.00536. The van der Waals surface area contributed by atoms with Gasteiger partial charge in [0.15, 0.2) is 17.9 Å². The molecule has 3 aliphatic rings. The fourth-order valence-corrected chi connectivity index (χ4v) is 3.69. The summed E-state index contributed by atoms with van der Waals surface area (Å²) in [6.45, 7) is 8.27. The third-order valence-corrected chi connectivity index (χ3v) is 4.61. The third kappa shape index (κ3) is 3.53. The fourth-order valence-electron chi connectivity index (χ4n) is 3.32. The Kier molecular flexibility index (Phi) is 4.69. The van der Waals surface area contributed by atoms with Crippen LogP contribution in [0.15, 0.2) is 0 Å². The van der Waals surface area contributed by atoms with E-state index in [2.05, 4.69) is 5.32 Å². The molecule has 0 amide bonds. The highest BCUT2D eigenvalue weighted by Gasteiger charge is 2.59. The molecule has 7 nitrogen and oxygen atoms in total. The van der Waals surface area contributed by atoms with E-state index in [1.54, 1.807) is 0 Å². The molecule has 2 N–H and O–H groups in total. The van der Waals surface area contributed by atoms with Gasteiger partial charge in [-0.2, -0.15) is 0 Å². The molecule has 3 heterocycles. The zero-order valence-electron chi connectivity index (χ0n) is 13.9. The topological polar surface area (TPSA) is 78.4 Å². The highest BCUT2D eigenvalue weighted by molar-refractivity contribution is 7.80. The van der Waals surface area contributed by atoms with Crippen LogP contribution in [0.3, 0.4) is 0 Å². The van der Waals surface area contributed by atoms with E-state index in [-0.39, 0.29) is 30.8 Å². The second kappa shape index (κ2) is 6.18. The first-order valence-electron chi connectivity index (χ1n) is 7.94. The number of fused-ring (bicyclic) bond motifs is 1. The van der Waals surface area contributed by atoms with Crippen molar-refractivity contribution in [3.8, 4) is 0 Å². The Balaban J connectivity index is 1.77. The molecule has 132 valence electrons. The summed E-state index contributed by atoms with van der Waals surface area (Å²) in [6, 6.07) is 0. The largest absolute Gasteiger partial charge is 0.395 e. The SMILES string of the molecule is CC1(C)OC[C@H]([C@H]2O[C@H]3OC(C)(C)O[C@H]3C2C(=S)NCCO)O1. The van der Waals surface area contributed by atoms with Gasteiger partial charge in [-0.15, -0.1) is 0 Å². The molecule has 3 fully saturated rings. The minimum atomic E-state index is -0.711. The lowest BCUT2D eigenvalue weighted by Crippen LogP contribution is -2.46. The molecule has 0 aromatic carbocycles. The van der Waals surface area contributed by atoms with Gasteiger partial charge in [-0.05, 0) is 27.7 Å². The van der Waals surface area contributed by atoms with Crippen LogP contribution in [0.4, 0.5) is 0 Å². The average molecular weight is 347 g/mol. The molecule has 0 spiro atoms. The van der Waals surface area contributed by atoms with Gasteiger partial charge in [-0.25, -0.2) is 0 Å². The van der Waals surface area contributed by atoms with E-state index in [4.69, 9.17) is 41.0 Å². The summed E-state index contributed by atoms with van der Waals surface area (Å²) < 4.78 is 29.5.